The molecule has 2 aromatic carbocycles. The van der Waals surface area contributed by atoms with E-state index >= 15 is 0 Å². The molecule has 2 aliphatic heterocycles. The van der Waals surface area contributed by atoms with Crippen molar-refractivity contribution in [3.05, 3.63) is 60.3 Å². The molecule has 1 amide bonds. The Labute approximate surface area is 177 Å². The van der Waals surface area contributed by atoms with Crippen molar-refractivity contribution in [1.82, 2.24) is 9.88 Å². The number of nitrogens with zero attached hydrogens (tertiary/aromatic N) is 2. The van der Waals surface area contributed by atoms with Crippen LogP contribution < -0.4 is 4.74 Å². The van der Waals surface area contributed by atoms with Crippen LogP contribution in [0.3, 0.4) is 0 Å². The van der Waals surface area contributed by atoms with Crippen molar-refractivity contribution in [2.45, 2.75) is 64.1 Å². The van der Waals surface area contributed by atoms with E-state index in [2.05, 4.69) is 59.3 Å². The Hall–Kier alpha value is -2.88. The fourth-order valence-electron chi connectivity index (χ4n) is 5.32. The maximum absolute atomic E-state index is 12.3. The Morgan fingerprint density at radius 3 is 2.50 bits per heavy atom. The van der Waals surface area contributed by atoms with Gasteiger partial charge in [-0.1, -0.05) is 37.3 Å². The summed E-state index contributed by atoms with van der Waals surface area (Å²) in [5.41, 5.74) is 4.64. The first kappa shape index (κ1) is 19.1. The molecule has 4 heteroatoms. The first-order chi connectivity index (χ1) is 14.6. The third-order valence-electron chi connectivity index (χ3n) is 6.78. The van der Waals surface area contributed by atoms with Crippen LogP contribution in [0.1, 0.15) is 44.6 Å². The van der Waals surface area contributed by atoms with Crippen LogP contribution in [0.2, 0.25) is 0 Å². The third kappa shape index (κ3) is 3.34. The SMILES string of the molecule is CCC(=O)N1[C@@H]2CC[C@H]1CC(Oc1ccc(-c3ccc4cccnc4c3C)cc1)C2. The van der Waals surface area contributed by atoms with Gasteiger partial charge in [-0.3, -0.25) is 9.78 Å². The zero-order chi connectivity index (χ0) is 20.7. The van der Waals surface area contributed by atoms with Gasteiger partial charge in [0.15, 0.2) is 0 Å². The minimum absolute atomic E-state index is 0.195. The molecule has 1 aromatic heterocycles. The van der Waals surface area contributed by atoms with E-state index in [-0.39, 0.29) is 6.10 Å². The first-order valence-corrected chi connectivity index (χ1v) is 11.1. The molecule has 1 unspecified atom stereocenters. The maximum atomic E-state index is 12.3. The summed E-state index contributed by atoms with van der Waals surface area (Å²) < 4.78 is 6.34. The van der Waals surface area contributed by atoms with Crippen molar-refractivity contribution in [2.24, 2.45) is 0 Å². The predicted octanol–water partition coefficient (Wildman–Crippen LogP) is 5.52. The van der Waals surface area contributed by atoms with Crippen molar-refractivity contribution in [3.63, 3.8) is 0 Å². The molecule has 0 N–H and O–H groups in total. The van der Waals surface area contributed by atoms with Gasteiger partial charge in [-0.25, -0.2) is 0 Å². The number of benzene rings is 2. The number of piperidine rings is 1. The third-order valence-corrected chi connectivity index (χ3v) is 6.78. The van der Waals surface area contributed by atoms with Crippen molar-refractivity contribution in [1.29, 1.82) is 0 Å². The molecular weight excluding hydrogens is 372 g/mol. The highest BCUT2D eigenvalue weighted by molar-refractivity contribution is 5.88. The Morgan fingerprint density at radius 1 is 1.07 bits per heavy atom. The molecule has 3 heterocycles. The number of carbonyl (C=O) groups excluding carboxylic acids is 1. The molecule has 0 aliphatic carbocycles. The number of rotatable bonds is 4. The average molecular weight is 401 g/mol. The Morgan fingerprint density at radius 2 is 1.80 bits per heavy atom. The van der Waals surface area contributed by atoms with Crippen molar-refractivity contribution >= 4 is 16.8 Å². The largest absolute Gasteiger partial charge is 0.490 e. The lowest BCUT2D eigenvalue weighted by Crippen LogP contribution is -2.49. The number of hydrogen-bond donors (Lipinski definition) is 0. The average Bonchev–Trinajstić information content (AvgIpc) is 3.05. The summed E-state index contributed by atoms with van der Waals surface area (Å²) in [5.74, 6) is 1.21. The zero-order valence-corrected chi connectivity index (χ0v) is 17.7. The fourth-order valence-corrected chi connectivity index (χ4v) is 5.32. The molecule has 0 spiro atoms. The Balaban J connectivity index is 1.31. The number of pyridine rings is 1. The molecule has 4 nitrogen and oxygen atoms in total. The second-order valence-corrected chi connectivity index (χ2v) is 8.59. The second kappa shape index (κ2) is 7.75. The van der Waals surface area contributed by atoms with E-state index in [9.17, 15) is 4.79 Å². The van der Waals surface area contributed by atoms with Gasteiger partial charge in [0.1, 0.15) is 11.9 Å². The molecule has 3 atom stereocenters. The predicted molar refractivity (Wildman–Crippen MR) is 120 cm³/mol. The maximum Gasteiger partial charge on any atom is 0.222 e. The van der Waals surface area contributed by atoms with Crippen LogP contribution in [0.15, 0.2) is 54.7 Å². The Kier molecular flexibility index (Phi) is 4.93. The number of aromatic nitrogens is 1. The second-order valence-electron chi connectivity index (χ2n) is 8.59. The number of fused-ring (bicyclic) bond motifs is 3. The van der Waals surface area contributed by atoms with Crippen LogP contribution in [-0.2, 0) is 4.79 Å². The monoisotopic (exact) mass is 400 g/mol. The van der Waals surface area contributed by atoms with Crippen LogP contribution in [0, 0.1) is 6.92 Å². The fraction of sp³-hybridized carbons (Fsp3) is 0.385. The summed E-state index contributed by atoms with van der Waals surface area (Å²) in [4.78, 5) is 18.9. The molecule has 0 saturated carbocycles. The van der Waals surface area contributed by atoms with Crippen molar-refractivity contribution in [3.8, 4) is 16.9 Å². The first-order valence-electron chi connectivity index (χ1n) is 11.1. The molecule has 2 bridgehead atoms. The van der Waals surface area contributed by atoms with E-state index in [1.807, 2.05) is 19.2 Å². The summed E-state index contributed by atoms with van der Waals surface area (Å²) in [6, 6.07) is 17.5. The van der Waals surface area contributed by atoms with Gasteiger partial charge in [-0.2, -0.15) is 0 Å². The minimum Gasteiger partial charge on any atom is -0.490 e. The van der Waals surface area contributed by atoms with Gasteiger partial charge in [0.05, 0.1) is 5.52 Å². The van der Waals surface area contributed by atoms with Crippen LogP contribution in [0.25, 0.3) is 22.0 Å². The summed E-state index contributed by atoms with van der Waals surface area (Å²) in [6.07, 6.45) is 6.76. The van der Waals surface area contributed by atoms with E-state index < -0.39 is 0 Å². The standard InChI is InChI=1S/C26H28N2O2/c1-3-25(29)28-20-9-10-21(28)16-23(15-20)30-22-11-6-18(7-12-22)24-13-8-19-5-4-14-27-26(19)17(24)2/h4-8,11-14,20-21,23H,3,9-10,15-16H2,1-2H3/t20-,21+,23?. The molecule has 2 fully saturated rings. The van der Waals surface area contributed by atoms with Crippen LogP contribution in [0.5, 0.6) is 5.75 Å². The summed E-state index contributed by atoms with van der Waals surface area (Å²) in [7, 11) is 0. The molecule has 0 radical (unpaired) electrons. The molecule has 3 aromatic rings. The van der Waals surface area contributed by atoms with Crippen molar-refractivity contribution in [2.75, 3.05) is 0 Å². The van der Waals surface area contributed by atoms with E-state index in [1.54, 1.807) is 0 Å². The zero-order valence-electron chi connectivity index (χ0n) is 17.7. The molecular formula is C26H28N2O2. The van der Waals surface area contributed by atoms with E-state index in [4.69, 9.17) is 4.74 Å². The van der Waals surface area contributed by atoms with Gasteiger partial charge in [-0.05, 0) is 54.7 Å². The van der Waals surface area contributed by atoms with Gasteiger partial charge >= 0.3 is 0 Å². The lowest BCUT2D eigenvalue weighted by atomic mass is 9.97. The van der Waals surface area contributed by atoms with Crippen molar-refractivity contribution < 1.29 is 9.53 Å². The number of ether oxygens (including phenoxy) is 1. The smallest absolute Gasteiger partial charge is 0.222 e. The van der Waals surface area contributed by atoms with Crippen LogP contribution in [-0.4, -0.2) is 34.0 Å². The quantitative estimate of drug-likeness (QED) is 0.579. The highest BCUT2D eigenvalue weighted by atomic mass is 16.5. The lowest BCUT2D eigenvalue weighted by molar-refractivity contribution is -0.136. The topological polar surface area (TPSA) is 42.4 Å². The van der Waals surface area contributed by atoms with E-state index in [0.717, 1.165) is 36.9 Å². The normalized spacial score (nSPS) is 23.0. The highest BCUT2D eigenvalue weighted by Crippen LogP contribution is 2.38. The molecule has 2 aliphatic rings. The minimum atomic E-state index is 0.195. The lowest BCUT2D eigenvalue weighted by Gasteiger charge is -2.38. The molecule has 30 heavy (non-hydrogen) atoms. The summed E-state index contributed by atoms with van der Waals surface area (Å²) in [5, 5.41) is 1.17. The van der Waals surface area contributed by atoms with Gasteiger partial charge in [0.25, 0.3) is 0 Å². The number of aryl methyl sites for hydroxylation is 1. The van der Waals surface area contributed by atoms with Crippen LogP contribution >= 0.6 is 0 Å². The summed E-state index contributed by atoms with van der Waals surface area (Å²) in [6.45, 7) is 4.09. The van der Waals surface area contributed by atoms with Gasteiger partial charge in [-0.15, -0.1) is 0 Å². The van der Waals surface area contributed by atoms with Crippen LogP contribution in [0.4, 0.5) is 0 Å². The van der Waals surface area contributed by atoms with Gasteiger partial charge < -0.3 is 9.64 Å². The number of hydrogen-bond acceptors (Lipinski definition) is 3. The number of carbonyl (C=O) groups is 1. The molecule has 2 saturated heterocycles. The van der Waals surface area contributed by atoms with Gasteiger partial charge in [0, 0.05) is 42.9 Å². The Bertz CT molecular complexity index is 1060. The highest BCUT2D eigenvalue weighted by Gasteiger charge is 2.43. The summed E-state index contributed by atoms with van der Waals surface area (Å²) >= 11 is 0. The number of amides is 1. The van der Waals surface area contributed by atoms with E-state index in [1.165, 1.54) is 22.1 Å². The molecule has 5 rings (SSSR count). The van der Waals surface area contributed by atoms with Gasteiger partial charge in [0.2, 0.25) is 5.91 Å². The van der Waals surface area contributed by atoms with E-state index in [0.29, 0.717) is 24.4 Å². The molecule has 154 valence electrons.